The Morgan fingerprint density at radius 1 is 1.40 bits per heavy atom. The highest BCUT2D eigenvalue weighted by Crippen LogP contribution is 2.17. The third-order valence-corrected chi connectivity index (χ3v) is 2.90. The van der Waals surface area contributed by atoms with Crippen LogP contribution in [0.2, 0.25) is 0 Å². The SMILES string of the molecule is CC(NCc1cc(F)cc([N+](=O)[O-])c1)c1ccccn1. The van der Waals surface area contributed by atoms with Crippen molar-refractivity contribution in [3.05, 3.63) is 69.8 Å². The van der Waals surface area contributed by atoms with Gasteiger partial charge in [-0.15, -0.1) is 0 Å². The van der Waals surface area contributed by atoms with E-state index in [0.717, 1.165) is 11.8 Å². The monoisotopic (exact) mass is 275 g/mol. The number of hydrogen-bond donors (Lipinski definition) is 1. The normalized spacial score (nSPS) is 12.1. The number of aromatic nitrogens is 1. The highest BCUT2D eigenvalue weighted by Gasteiger charge is 2.11. The van der Waals surface area contributed by atoms with Gasteiger partial charge in [-0.25, -0.2) is 4.39 Å². The van der Waals surface area contributed by atoms with Crippen LogP contribution in [0.5, 0.6) is 0 Å². The van der Waals surface area contributed by atoms with Crippen LogP contribution in [0.25, 0.3) is 0 Å². The molecule has 6 heteroatoms. The predicted octanol–water partition coefficient (Wildman–Crippen LogP) is 2.98. The van der Waals surface area contributed by atoms with Crippen molar-refractivity contribution < 1.29 is 9.31 Å². The maximum Gasteiger partial charge on any atom is 0.272 e. The van der Waals surface area contributed by atoms with Crippen molar-refractivity contribution in [3.8, 4) is 0 Å². The number of benzene rings is 1. The van der Waals surface area contributed by atoms with E-state index >= 15 is 0 Å². The molecule has 1 N–H and O–H groups in total. The molecule has 1 unspecified atom stereocenters. The first-order valence-corrected chi connectivity index (χ1v) is 6.14. The molecule has 1 heterocycles. The predicted molar refractivity (Wildman–Crippen MR) is 72.5 cm³/mol. The molecule has 0 bridgehead atoms. The Bertz CT molecular complexity index is 605. The molecule has 0 aliphatic rings. The van der Waals surface area contributed by atoms with E-state index < -0.39 is 10.7 Å². The van der Waals surface area contributed by atoms with Crippen LogP contribution in [0.4, 0.5) is 10.1 Å². The van der Waals surface area contributed by atoms with E-state index in [0.29, 0.717) is 12.1 Å². The zero-order valence-electron chi connectivity index (χ0n) is 10.9. The zero-order valence-corrected chi connectivity index (χ0v) is 10.9. The van der Waals surface area contributed by atoms with Gasteiger partial charge in [-0.2, -0.15) is 0 Å². The number of hydrogen-bond acceptors (Lipinski definition) is 4. The number of pyridine rings is 1. The fourth-order valence-electron chi connectivity index (χ4n) is 1.85. The van der Waals surface area contributed by atoms with Gasteiger partial charge in [0.25, 0.3) is 5.69 Å². The summed E-state index contributed by atoms with van der Waals surface area (Å²) in [4.78, 5) is 14.3. The van der Waals surface area contributed by atoms with Crippen LogP contribution in [0.1, 0.15) is 24.2 Å². The van der Waals surface area contributed by atoms with E-state index in [1.165, 1.54) is 12.1 Å². The molecule has 5 nitrogen and oxygen atoms in total. The Morgan fingerprint density at radius 3 is 2.85 bits per heavy atom. The van der Waals surface area contributed by atoms with Crippen molar-refractivity contribution >= 4 is 5.69 Å². The summed E-state index contributed by atoms with van der Waals surface area (Å²) in [5, 5.41) is 13.8. The second-order valence-electron chi connectivity index (χ2n) is 4.43. The Labute approximate surface area is 115 Å². The Hall–Kier alpha value is -2.34. The lowest BCUT2D eigenvalue weighted by Crippen LogP contribution is -2.19. The molecule has 1 aromatic heterocycles. The summed E-state index contributed by atoms with van der Waals surface area (Å²) in [6.07, 6.45) is 1.69. The van der Waals surface area contributed by atoms with Crippen LogP contribution in [-0.4, -0.2) is 9.91 Å². The molecule has 0 saturated carbocycles. The number of nitrogens with zero attached hydrogens (tertiary/aromatic N) is 2. The summed E-state index contributed by atoms with van der Waals surface area (Å²) in [5.74, 6) is -0.610. The molecule has 0 aliphatic carbocycles. The van der Waals surface area contributed by atoms with Gasteiger partial charge >= 0.3 is 0 Å². The minimum Gasteiger partial charge on any atom is -0.305 e. The van der Waals surface area contributed by atoms with Crippen molar-refractivity contribution in [1.29, 1.82) is 0 Å². The first kappa shape index (κ1) is 14.1. The molecule has 20 heavy (non-hydrogen) atoms. The summed E-state index contributed by atoms with van der Waals surface area (Å²) >= 11 is 0. The molecule has 1 aromatic carbocycles. The van der Waals surface area contributed by atoms with E-state index in [2.05, 4.69) is 10.3 Å². The van der Waals surface area contributed by atoms with Gasteiger partial charge in [0.1, 0.15) is 5.82 Å². The van der Waals surface area contributed by atoms with Crippen LogP contribution in [-0.2, 0) is 6.54 Å². The average Bonchev–Trinajstić information content (AvgIpc) is 2.45. The van der Waals surface area contributed by atoms with Crippen LogP contribution >= 0.6 is 0 Å². The zero-order chi connectivity index (χ0) is 14.5. The molecule has 0 fully saturated rings. The van der Waals surface area contributed by atoms with Crippen LogP contribution in [0.3, 0.4) is 0 Å². The number of non-ortho nitro benzene ring substituents is 1. The maximum absolute atomic E-state index is 13.3. The average molecular weight is 275 g/mol. The smallest absolute Gasteiger partial charge is 0.272 e. The molecule has 0 spiro atoms. The number of nitrogens with one attached hydrogen (secondary N) is 1. The minimum absolute atomic E-state index is 0.0291. The molecule has 0 aliphatic heterocycles. The molecule has 1 atom stereocenters. The lowest BCUT2D eigenvalue weighted by Gasteiger charge is -2.13. The highest BCUT2D eigenvalue weighted by atomic mass is 19.1. The van der Waals surface area contributed by atoms with Crippen molar-refractivity contribution in [3.63, 3.8) is 0 Å². The second kappa shape index (κ2) is 6.21. The van der Waals surface area contributed by atoms with Gasteiger partial charge < -0.3 is 5.32 Å². The third-order valence-electron chi connectivity index (χ3n) is 2.90. The Balaban J connectivity index is 2.06. The number of rotatable bonds is 5. The fraction of sp³-hybridized carbons (Fsp3) is 0.214. The van der Waals surface area contributed by atoms with Crippen molar-refractivity contribution in [2.24, 2.45) is 0 Å². The largest absolute Gasteiger partial charge is 0.305 e. The Morgan fingerprint density at radius 2 is 2.20 bits per heavy atom. The Kier molecular flexibility index (Phi) is 4.37. The second-order valence-corrected chi connectivity index (χ2v) is 4.43. The van der Waals surface area contributed by atoms with Gasteiger partial charge in [0.2, 0.25) is 0 Å². The molecular formula is C14H14FN3O2. The molecule has 0 saturated heterocycles. The standard InChI is InChI=1S/C14H14FN3O2/c1-10(14-4-2-3-5-16-14)17-9-11-6-12(15)8-13(7-11)18(19)20/h2-8,10,17H,9H2,1H3. The van der Waals surface area contributed by atoms with Crippen molar-refractivity contribution in [1.82, 2.24) is 10.3 Å². The van der Waals surface area contributed by atoms with Crippen molar-refractivity contribution in [2.45, 2.75) is 19.5 Å². The number of halogens is 1. The lowest BCUT2D eigenvalue weighted by atomic mass is 10.1. The van der Waals surface area contributed by atoms with Gasteiger partial charge in [0.05, 0.1) is 16.7 Å². The summed E-state index contributed by atoms with van der Waals surface area (Å²) in [7, 11) is 0. The molecule has 2 rings (SSSR count). The van der Waals surface area contributed by atoms with Crippen molar-refractivity contribution in [2.75, 3.05) is 0 Å². The molecule has 0 radical (unpaired) electrons. The molecular weight excluding hydrogens is 261 g/mol. The van der Waals surface area contributed by atoms with E-state index in [1.54, 1.807) is 6.20 Å². The van der Waals surface area contributed by atoms with Gasteiger partial charge in [-0.05, 0) is 30.7 Å². The van der Waals surface area contributed by atoms with E-state index in [9.17, 15) is 14.5 Å². The van der Waals surface area contributed by atoms with Gasteiger partial charge in [-0.3, -0.25) is 15.1 Å². The summed E-state index contributed by atoms with van der Waals surface area (Å²) in [5.41, 5.74) is 1.14. The number of nitro benzene ring substituents is 1. The topological polar surface area (TPSA) is 68.1 Å². The minimum atomic E-state index is -0.610. The van der Waals surface area contributed by atoms with E-state index in [-0.39, 0.29) is 11.7 Å². The summed E-state index contributed by atoms with van der Waals surface area (Å²) < 4.78 is 13.3. The number of nitro groups is 1. The van der Waals surface area contributed by atoms with Gasteiger partial charge in [-0.1, -0.05) is 6.07 Å². The van der Waals surface area contributed by atoms with E-state index in [4.69, 9.17) is 0 Å². The van der Waals surface area contributed by atoms with Gasteiger partial charge in [0, 0.05) is 24.8 Å². The maximum atomic E-state index is 13.3. The fourth-order valence-corrected chi connectivity index (χ4v) is 1.85. The summed E-state index contributed by atoms with van der Waals surface area (Å²) in [6, 6.07) is 9.11. The van der Waals surface area contributed by atoms with Gasteiger partial charge in [0.15, 0.2) is 0 Å². The quantitative estimate of drug-likeness (QED) is 0.672. The van der Waals surface area contributed by atoms with Crippen LogP contribution in [0.15, 0.2) is 42.6 Å². The highest BCUT2D eigenvalue weighted by molar-refractivity contribution is 5.35. The van der Waals surface area contributed by atoms with E-state index in [1.807, 2.05) is 25.1 Å². The summed E-state index contributed by atoms with van der Waals surface area (Å²) in [6.45, 7) is 2.26. The molecule has 2 aromatic rings. The first-order valence-electron chi connectivity index (χ1n) is 6.14. The third kappa shape index (κ3) is 3.58. The van der Waals surface area contributed by atoms with Crippen LogP contribution in [0, 0.1) is 15.9 Å². The molecule has 0 amide bonds. The lowest BCUT2D eigenvalue weighted by molar-refractivity contribution is -0.385. The molecule has 104 valence electrons. The first-order chi connectivity index (χ1) is 9.56. The van der Waals surface area contributed by atoms with Crippen LogP contribution < -0.4 is 5.32 Å².